The van der Waals surface area contributed by atoms with Gasteiger partial charge >= 0.3 is 0 Å². The van der Waals surface area contributed by atoms with Crippen molar-refractivity contribution in [1.29, 1.82) is 0 Å². The summed E-state index contributed by atoms with van der Waals surface area (Å²) in [6, 6.07) is 5.05. The molecule has 0 aromatic heterocycles. The van der Waals surface area contributed by atoms with Crippen LogP contribution in [0.1, 0.15) is 20.3 Å². The molecule has 1 aromatic carbocycles. The first kappa shape index (κ1) is 17.2. The Balaban J connectivity index is 2.62. The van der Waals surface area contributed by atoms with Gasteiger partial charge in [0.25, 0.3) is 0 Å². The number of anilines is 1. The van der Waals surface area contributed by atoms with Crippen molar-refractivity contribution in [3.05, 3.63) is 28.2 Å². The monoisotopic (exact) mass is 318 g/mol. The molecule has 1 rings (SSSR count). The highest BCUT2D eigenvalue weighted by Gasteiger charge is 2.14. The van der Waals surface area contributed by atoms with Crippen LogP contribution in [0.25, 0.3) is 0 Å². The average Bonchev–Trinajstić information content (AvgIpc) is 2.42. The van der Waals surface area contributed by atoms with Crippen molar-refractivity contribution in [2.24, 2.45) is 0 Å². The lowest BCUT2D eigenvalue weighted by atomic mass is 10.2. The lowest BCUT2D eigenvalue weighted by Gasteiger charge is -2.22. The molecule has 20 heavy (non-hydrogen) atoms. The molecule has 2 N–H and O–H groups in total. The van der Waals surface area contributed by atoms with Gasteiger partial charge in [0.05, 0.1) is 28.4 Å². The zero-order valence-electron chi connectivity index (χ0n) is 11.7. The molecule has 1 unspecified atom stereocenters. The summed E-state index contributed by atoms with van der Waals surface area (Å²) >= 11 is 12.0. The Bertz CT molecular complexity index is 435. The van der Waals surface area contributed by atoms with Gasteiger partial charge < -0.3 is 10.4 Å². The second-order valence-electron chi connectivity index (χ2n) is 4.53. The highest BCUT2D eigenvalue weighted by Crippen LogP contribution is 2.29. The van der Waals surface area contributed by atoms with E-state index in [-0.39, 0.29) is 12.5 Å². The van der Waals surface area contributed by atoms with Crippen LogP contribution >= 0.6 is 23.2 Å². The third kappa shape index (κ3) is 5.29. The quantitative estimate of drug-likeness (QED) is 0.812. The van der Waals surface area contributed by atoms with Gasteiger partial charge in [0, 0.05) is 6.54 Å². The zero-order valence-corrected chi connectivity index (χ0v) is 13.2. The second kappa shape index (κ2) is 8.47. The standard InChI is InChI=1S/C14H20Cl2N2O2/c1-3-10(19)8-18(4-2)9-13(20)17-14-11(15)6-5-7-12(14)16/h5-7,10,19H,3-4,8-9H2,1-2H3,(H,17,20). The van der Waals surface area contributed by atoms with Crippen molar-refractivity contribution in [3.8, 4) is 0 Å². The van der Waals surface area contributed by atoms with Crippen LogP contribution in [-0.2, 0) is 4.79 Å². The summed E-state index contributed by atoms with van der Waals surface area (Å²) in [7, 11) is 0. The molecule has 1 atom stereocenters. The van der Waals surface area contributed by atoms with Gasteiger partial charge in [-0.1, -0.05) is 43.1 Å². The van der Waals surface area contributed by atoms with Crippen LogP contribution in [0, 0.1) is 0 Å². The molecule has 0 saturated heterocycles. The van der Waals surface area contributed by atoms with Crippen LogP contribution in [0.4, 0.5) is 5.69 Å². The molecule has 0 aliphatic rings. The van der Waals surface area contributed by atoms with Crippen LogP contribution in [0.2, 0.25) is 10.0 Å². The lowest BCUT2D eigenvalue weighted by Crippen LogP contribution is -2.38. The fraction of sp³-hybridized carbons (Fsp3) is 0.500. The van der Waals surface area contributed by atoms with Crippen molar-refractivity contribution in [3.63, 3.8) is 0 Å². The number of benzene rings is 1. The van der Waals surface area contributed by atoms with E-state index in [1.165, 1.54) is 0 Å². The highest BCUT2D eigenvalue weighted by molar-refractivity contribution is 6.39. The number of amides is 1. The number of aliphatic hydroxyl groups excluding tert-OH is 1. The number of para-hydroxylation sites is 1. The summed E-state index contributed by atoms with van der Waals surface area (Å²) < 4.78 is 0. The van der Waals surface area contributed by atoms with Crippen molar-refractivity contribution < 1.29 is 9.90 Å². The van der Waals surface area contributed by atoms with Gasteiger partial charge in [0.2, 0.25) is 5.91 Å². The fourth-order valence-electron chi connectivity index (χ4n) is 1.73. The van der Waals surface area contributed by atoms with E-state index < -0.39 is 6.10 Å². The van der Waals surface area contributed by atoms with Crippen LogP contribution in [0.15, 0.2) is 18.2 Å². The van der Waals surface area contributed by atoms with Crippen LogP contribution < -0.4 is 5.32 Å². The summed E-state index contributed by atoms with van der Waals surface area (Å²) in [6.45, 7) is 5.19. The molecule has 0 bridgehead atoms. The van der Waals surface area contributed by atoms with Gasteiger partial charge in [-0.2, -0.15) is 0 Å². The lowest BCUT2D eigenvalue weighted by molar-refractivity contribution is -0.117. The number of carbonyl (C=O) groups excluding carboxylic acids is 1. The maximum atomic E-state index is 12.0. The second-order valence-corrected chi connectivity index (χ2v) is 5.35. The summed E-state index contributed by atoms with van der Waals surface area (Å²) in [5.74, 6) is -0.204. The molecule has 112 valence electrons. The highest BCUT2D eigenvalue weighted by atomic mass is 35.5. The van der Waals surface area contributed by atoms with E-state index in [2.05, 4.69) is 5.32 Å². The number of nitrogens with zero attached hydrogens (tertiary/aromatic N) is 1. The van der Waals surface area contributed by atoms with Gasteiger partial charge in [-0.15, -0.1) is 0 Å². The minimum atomic E-state index is -0.424. The van der Waals surface area contributed by atoms with Crippen molar-refractivity contribution >= 4 is 34.8 Å². The molecule has 0 saturated carbocycles. The topological polar surface area (TPSA) is 52.6 Å². The molecule has 0 heterocycles. The number of nitrogens with one attached hydrogen (secondary N) is 1. The van der Waals surface area contributed by atoms with E-state index in [0.717, 1.165) is 0 Å². The molecule has 4 nitrogen and oxygen atoms in total. The maximum Gasteiger partial charge on any atom is 0.238 e. The third-order valence-corrected chi connectivity index (χ3v) is 3.61. The minimum absolute atomic E-state index is 0.190. The largest absolute Gasteiger partial charge is 0.392 e. The molecule has 0 fully saturated rings. The van der Waals surface area contributed by atoms with E-state index in [4.69, 9.17) is 23.2 Å². The molecular weight excluding hydrogens is 299 g/mol. The zero-order chi connectivity index (χ0) is 15.1. The smallest absolute Gasteiger partial charge is 0.238 e. The predicted molar refractivity (Wildman–Crippen MR) is 83.5 cm³/mol. The van der Waals surface area contributed by atoms with E-state index in [9.17, 15) is 9.90 Å². The van der Waals surface area contributed by atoms with Gasteiger partial charge in [0.1, 0.15) is 0 Å². The van der Waals surface area contributed by atoms with E-state index >= 15 is 0 Å². The van der Waals surface area contributed by atoms with Gasteiger partial charge in [-0.05, 0) is 25.1 Å². The molecular formula is C14H20Cl2N2O2. The summed E-state index contributed by atoms with van der Waals surface area (Å²) in [6.07, 6.45) is 0.237. The first-order valence-electron chi connectivity index (χ1n) is 6.62. The summed E-state index contributed by atoms with van der Waals surface area (Å²) in [4.78, 5) is 13.9. The molecule has 1 aromatic rings. The Kier molecular flexibility index (Phi) is 7.30. The van der Waals surface area contributed by atoms with Gasteiger partial charge in [-0.25, -0.2) is 0 Å². The first-order chi connectivity index (χ1) is 9.47. The van der Waals surface area contributed by atoms with E-state index in [1.807, 2.05) is 18.7 Å². The van der Waals surface area contributed by atoms with Crippen molar-refractivity contribution in [2.45, 2.75) is 26.4 Å². The Morgan fingerprint density at radius 2 is 1.95 bits per heavy atom. The molecule has 1 amide bonds. The molecule has 0 aliphatic carbocycles. The fourth-order valence-corrected chi connectivity index (χ4v) is 2.22. The Hall–Kier alpha value is -0.810. The van der Waals surface area contributed by atoms with E-state index in [1.54, 1.807) is 18.2 Å². The summed E-state index contributed by atoms with van der Waals surface area (Å²) in [5, 5.41) is 13.2. The van der Waals surface area contributed by atoms with E-state index in [0.29, 0.717) is 35.2 Å². The van der Waals surface area contributed by atoms with Crippen LogP contribution in [0.5, 0.6) is 0 Å². The summed E-state index contributed by atoms with van der Waals surface area (Å²) in [5.41, 5.74) is 0.424. The predicted octanol–water partition coefficient (Wildman–Crippen LogP) is 3.02. The Morgan fingerprint density at radius 3 is 2.45 bits per heavy atom. The van der Waals surface area contributed by atoms with Crippen molar-refractivity contribution in [2.75, 3.05) is 25.0 Å². The SMILES string of the molecule is CCC(O)CN(CC)CC(=O)Nc1c(Cl)cccc1Cl. The normalized spacial score (nSPS) is 12.5. The number of carbonyl (C=O) groups is 1. The molecule has 0 spiro atoms. The number of hydrogen-bond donors (Lipinski definition) is 2. The molecule has 0 aliphatic heterocycles. The number of halogens is 2. The number of likely N-dealkylation sites (N-methyl/N-ethyl adjacent to an activating group) is 1. The number of hydrogen-bond acceptors (Lipinski definition) is 3. The third-order valence-electron chi connectivity index (χ3n) is 2.98. The molecule has 0 radical (unpaired) electrons. The minimum Gasteiger partial charge on any atom is -0.392 e. The number of rotatable bonds is 7. The average molecular weight is 319 g/mol. The Labute approximate surface area is 129 Å². The van der Waals surface area contributed by atoms with Gasteiger partial charge in [0.15, 0.2) is 0 Å². The van der Waals surface area contributed by atoms with Crippen LogP contribution in [-0.4, -0.2) is 41.7 Å². The molecule has 6 heteroatoms. The number of aliphatic hydroxyl groups is 1. The van der Waals surface area contributed by atoms with Crippen molar-refractivity contribution in [1.82, 2.24) is 4.90 Å². The van der Waals surface area contributed by atoms with Gasteiger partial charge in [-0.3, -0.25) is 9.69 Å². The van der Waals surface area contributed by atoms with Crippen LogP contribution in [0.3, 0.4) is 0 Å². The Morgan fingerprint density at radius 1 is 1.35 bits per heavy atom. The first-order valence-corrected chi connectivity index (χ1v) is 7.37. The maximum absolute atomic E-state index is 12.0.